The topological polar surface area (TPSA) is 0 Å². The normalized spacial score (nSPS) is 32.5. The van der Waals surface area contributed by atoms with Gasteiger partial charge in [-0.1, -0.05) is 91.9 Å². The highest BCUT2D eigenvalue weighted by Gasteiger charge is 2.46. The number of allylic oxidation sites excluding steroid dienone is 14. The van der Waals surface area contributed by atoms with E-state index in [1.807, 2.05) is 0 Å². The van der Waals surface area contributed by atoms with Gasteiger partial charge in [0, 0.05) is 23.2 Å². The zero-order valence-electron chi connectivity index (χ0n) is 16.5. The van der Waals surface area contributed by atoms with Crippen LogP contribution in [0.1, 0.15) is 18.1 Å². The van der Waals surface area contributed by atoms with E-state index in [4.69, 9.17) is 0 Å². The van der Waals surface area contributed by atoms with Crippen LogP contribution in [0.2, 0.25) is 0 Å². The van der Waals surface area contributed by atoms with Crippen molar-refractivity contribution in [1.82, 2.24) is 0 Å². The lowest BCUT2D eigenvalue weighted by Gasteiger charge is -2.44. The maximum atomic E-state index is 2.55. The predicted molar refractivity (Wildman–Crippen MR) is 122 cm³/mol. The number of rotatable bonds is 0. The van der Waals surface area contributed by atoms with Crippen molar-refractivity contribution < 1.29 is 0 Å². The highest BCUT2D eigenvalue weighted by molar-refractivity contribution is 6.03. The molecule has 0 saturated carbocycles. The SMILES string of the molecule is CC12C=CC=CC1C=CC1=C2C=C2c3cc4ccccc4cc3C3=CC=CC1C32. The van der Waals surface area contributed by atoms with Gasteiger partial charge in [-0.25, -0.2) is 0 Å². The van der Waals surface area contributed by atoms with Gasteiger partial charge in [-0.3, -0.25) is 0 Å². The Balaban J connectivity index is 1.52. The molecule has 0 saturated heterocycles. The van der Waals surface area contributed by atoms with Crippen molar-refractivity contribution in [1.29, 1.82) is 0 Å². The number of fused-ring (bicyclic) bond motifs is 7. The van der Waals surface area contributed by atoms with E-state index in [0.717, 1.165) is 0 Å². The molecule has 2 aromatic carbocycles. The molecule has 0 N–H and O–H groups in total. The minimum absolute atomic E-state index is 0.0472. The van der Waals surface area contributed by atoms with Gasteiger partial charge >= 0.3 is 0 Å². The van der Waals surface area contributed by atoms with Crippen molar-refractivity contribution in [2.75, 3.05) is 0 Å². The first kappa shape index (κ1) is 15.8. The van der Waals surface area contributed by atoms with Gasteiger partial charge in [0.05, 0.1) is 0 Å². The van der Waals surface area contributed by atoms with Gasteiger partial charge in [-0.15, -0.1) is 0 Å². The highest BCUT2D eigenvalue weighted by Crippen LogP contribution is 2.60. The molecule has 0 heterocycles. The van der Waals surface area contributed by atoms with Crippen LogP contribution in [-0.4, -0.2) is 0 Å². The molecule has 4 atom stereocenters. The van der Waals surface area contributed by atoms with E-state index in [0.29, 0.717) is 17.8 Å². The van der Waals surface area contributed by atoms with Gasteiger partial charge in [-0.2, -0.15) is 0 Å². The molecule has 0 spiro atoms. The van der Waals surface area contributed by atoms with E-state index in [9.17, 15) is 0 Å². The average Bonchev–Trinajstić information content (AvgIpc) is 3.06. The minimum atomic E-state index is 0.0472. The molecule has 0 heteroatoms. The fraction of sp³-hybridized carbons (Fsp3) is 0.172. The average molecular weight is 370 g/mol. The van der Waals surface area contributed by atoms with Gasteiger partial charge < -0.3 is 0 Å². The third-order valence-corrected chi connectivity index (χ3v) is 7.73. The second-order valence-corrected chi connectivity index (χ2v) is 9.14. The summed E-state index contributed by atoms with van der Waals surface area (Å²) in [5.74, 6) is 1.34. The molecule has 0 fully saturated rings. The molecule has 7 rings (SSSR count). The van der Waals surface area contributed by atoms with Crippen molar-refractivity contribution >= 4 is 21.9 Å². The van der Waals surface area contributed by atoms with Crippen LogP contribution in [0.5, 0.6) is 0 Å². The lowest BCUT2D eigenvalue weighted by atomic mass is 9.59. The second kappa shape index (κ2) is 5.27. The first-order valence-corrected chi connectivity index (χ1v) is 10.7. The third-order valence-electron chi connectivity index (χ3n) is 7.73. The molecule has 5 aliphatic carbocycles. The summed E-state index contributed by atoms with van der Waals surface area (Å²) in [5.41, 5.74) is 8.94. The maximum Gasteiger partial charge on any atom is 0.0207 e. The Labute approximate surface area is 171 Å². The maximum absolute atomic E-state index is 2.55. The first-order chi connectivity index (χ1) is 14.2. The monoisotopic (exact) mass is 370 g/mol. The Morgan fingerprint density at radius 2 is 1.62 bits per heavy atom. The van der Waals surface area contributed by atoms with Gasteiger partial charge in [0.15, 0.2) is 0 Å². The van der Waals surface area contributed by atoms with Crippen molar-refractivity contribution in [2.45, 2.75) is 6.92 Å². The molecular weight excluding hydrogens is 348 g/mol. The summed E-state index contributed by atoms with van der Waals surface area (Å²) < 4.78 is 0. The Hall–Kier alpha value is -3.12. The molecule has 4 unspecified atom stereocenters. The minimum Gasteiger partial charge on any atom is -0.0764 e. The molecule has 0 aromatic heterocycles. The number of hydrogen-bond acceptors (Lipinski definition) is 0. The Kier molecular flexibility index (Phi) is 2.87. The summed E-state index contributed by atoms with van der Waals surface area (Å²) in [4.78, 5) is 0. The number of hydrogen-bond donors (Lipinski definition) is 0. The van der Waals surface area contributed by atoms with Crippen LogP contribution in [0.3, 0.4) is 0 Å². The molecule has 0 aliphatic heterocycles. The zero-order chi connectivity index (χ0) is 19.2. The Morgan fingerprint density at radius 3 is 2.45 bits per heavy atom. The predicted octanol–water partition coefficient (Wildman–Crippen LogP) is 7.05. The molecule has 0 nitrogen and oxygen atoms in total. The summed E-state index contributed by atoms with van der Waals surface area (Å²) in [6, 6.07) is 13.6. The standard InChI is InChI=1S/C29H22/c1-29-14-5-4-9-20(29)12-13-21-22-10-6-11-23-24-15-18-7-2-3-8-19(18)16-25(24)26(28(22)23)17-27(21)29/h2-17,20,22,28H,1H3. The van der Waals surface area contributed by atoms with Gasteiger partial charge in [0.1, 0.15) is 0 Å². The molecule has 0 radical (unpaired) electrons. The van der Waals surface area contributed by atoms with Crippen LogP contribution in [0.15, 0.2) is 108 Å². The molecule has 0 amide bonds. The van der Waals surface area contributed by atoms with Crippen molar-refractivity contribution in [3.63, 3.8) is 0 Å². The van der Waals surface area contributed by atoms with Crippen LogP contribution in [-0.2, 0) is 0 Å². The highest BCUT2D eigenvalue weighted by atomic mass is 14.5. The quantitative estimate of drug-likeness (QED) is 0.466. The van der Waals surface area contributed by atoms with Crippen molar-refractivity contribution in [2.24, 2.45) is 23.2 Å². The van der Waals surface area contributed by atoms with Crippen LogP contribution in [0.4, 0.5) is 0 Å². The van der Waals surface area contributed by atoms with Crippen LogP contribution >= 0.6 is 0 Å². The zero-order valence-corrected chi connectivity index (χ0v) is 16.5. The fourth-order valence-electron chi connectivity index (χ4n) is 6.22. The molecule has 2 aromatic rings. The van der Waals surface area contributed by atoms with Gasteiger partial charge in [-0.05, 0) is 56.3 Å². The molecule has 5 aliphatic rings. The van der Waals surface area contributed by atoms with E-state index in [1.54, 1.807) is 0 Å². The summed E-state index contributed by atoms with van der Waals surface area (Å²) in [6.45, 7) is 2.41. The molecular formula is C29H22. The molecule has 29 heavy (non-hydrogen) atoms. The lowest BCUT2D eigenvalue weighted by Crippen LogP contribution is -2.33. The third kappa shape index (κ3) is 1.90. The van der Waals surface area contributed by atoms with Crippen LogP contribution in [0, 0.1) is 23.2 Å². The smallest absolute Gasteiger partial charge is 0.0207 e. The van der Waals surface area contributed by atoms with Gasteiger partial charge in [0.25, 0.3) is 0 Å². The van der Waals surface area contributed by atoms with E-state index in [1.165, 1.54) is 44.2 Å². The summed E-state index contributed by atoms with van der Waals surface area (Å²) >= 11 is 0. The largest absolute Gasteiger partial charge is 0.0764 e. The van der Waals surface area contributed by atoms with Crippen molar-refractivity contribution in [3.8, 4) is 0 Å². The van der Waals surface area contributed by atoms with Crippen LogP contribution in [0.25, 0.3) is 21.9 Å². The summed E-state index contributed by atoms with van der Waals surface area (Å²) in [5, 5.41) is 2.67. The van der Waals surface area contributed by atoms with Crippen LogP contribution < -0.4 is 0 Å². The van der Waals surface area contributed by atoms with E-state index in [2.05, 4.69) is 104 Å². The summed E-state index contributed by atoms with van der Waals surface area (Å²) in [6.07, 6.45) is 23.6. The van der Waals surface area contributed by atoms with Gasteiger partial charge in [0.2, 0.25) is 0 Å². The van der Waals surface area contributed by atoms with E-state index in [-0.39, 0.29) is 5.41 Å². The molecule has 138 valence electrons. The Bertz CT molecular complexity index is 1320. The second-order valence-electron chi connectivity index (χ2n) is 9.14. The van der Waals surface area contributed by atoms with Crippen molar-refractivity contribution in [3.05, 3.63) is 119 Å². The lowest BCUT2D eigenvalue weighted by molar-refractivity contribution is 0.417. The molecule has 0 bridgehead atoms. The number of benzene rings is 2. The van der Waals surface area contributed by atoms with E-state index < -0.39 is 0 Å². The van der Waals surface area contributed by atoms with E-state index >= 15 is 0 Å². The fourth-order valence-corrected chi connectivity index (χ4v) is 6.22. The Morgan fingerprint density at radius 1 is 0.828 bits per heavy atom. The first-order valence-electron chi connectivity index (χ1n) is 10.7. The summed E-state index contributed by atoms with van der Waals surface area (Å²) in [7, 11) is 0.